The first kappa shape index (κ1) is 15.5. The van der Waals surface area contributed by atoms with E-state index in [0.29, 0.717) is 6.54 Å². The molecule has 0 radical (unpaired) electrons. The molecule has 1 unspecified atom stereocenters. The summed E-state index contributed by atoms with van der Waals surface area (Å²) in [6, 6.07) is 5.01. The lowest BCUT2D eigenvalue weighted by atomic mass is 10.1. The molecule has 0 aromatic heterocycles. The Morgan fingerprint density at radius 2 is 2.00 bits per heavy atom. The van der Waals surface area contributed by atoms with Crippen LogP contribution >= 0.6 is 0 Å². The summed E-state index contributed by atoms with van der Waals surface area (Å²) in [5.41, 5.74) is 0.0575. The SMILES string of the molecule is CCN(CC)CCNC(C#N)c1cccc(F)c1F. The Labute approximate surface area is 112 Å². The van der Waals surface area contributed by atoms with Crippen molar-refractivity contribution in [1.29, 1.82) is 5.26 Å². The minimum absolute atomic E-state index is 0.0575. The first-order valence-corrected chi connectivity index (χ1v) is 6.43. The first-order chi connectivity index (χ1) is 9.13. The fourth-order valence-corrected chi connectivity index (χ4v) is 1.88. The Balaban J connectivity index is 2.64. The van der Waals surface area contributed by atoms with Gasteiger partial charge in [0.25, 0.3) is 0 Å². The lowest BCUT2D eigenvalue weighted by Crippen LogP contribution is -2.33. The normalized spacial score (nSPS) is 12.4. The minimum atomic E-state index is -0.954. The molecule has 3 nitrogen and oxygen atoms in total. The molecule has 1 aromatic rings. The molecule has 1 N–H and O–H groups in total. The smallest absolute Gasteiger partial charge is 0.164 e. The van der Waals surface area contributed by atoms with Crippen molar-refractivity contribution < 1.29 is 8.78 Å². The zero-order valence-electron chi connectivity index (χ0n) is 11.3. The maximum Gasteiger partial charge on any atom is 0.164 e. The molecule has 1 atom stereocenters. The highest BCUT2D eigenvalue weighted by atomic mass is 19.2. The van der Waals surface area contributed by atoms with E-state index >= 15 is 0 Å². The molecule has 1 rings (SSSR count). The second-order valence-corrected chi connectivity index (χ2v) is 4.19. The van der Waals surface area contributed by atoms with Gasteiger partial charge >= 0.3 is 0 Å². The molecule has 0 heterocycles. The topological polar surface area (TPSA) is 39.1 Å². The molecule has 5 heteroatoms. The number of nitrogens with zero attached hydrogens (tertiary/aromatic N) is 2. The van der Waals surface area contributed by atoms with Crippen LogP contribution in [0.3, 0.4) is 0 Å². The average molecular weight is 267 g/mol. The fourth-order valence-electron chi connectivity index (χ4n) is 1.88. The van der Waals surface area contributed by atoms with Crippen molar-refractivity contribution in [3.8, 4) is 6.07 Å². The van der Waals surface area contributed by atoms with E-state index in [1.54, 1.807) is 0 Å². The lowest BCUT2D eigenvalue weighted by Gasteiger charge is -2.19. The summed E-state index contributed by atoms with van der Waals surface area (Å²) < 4.78 is 26.7. The van der Waals surface area contributed by atoms with Crippen LogP contribution in [0.2, 0.25) is 0 Å². The Morgan fingerprint density at radius 3 is 2.58 bits per heavy atom. The Kier molecular flexibility index (Phi) is 6.40. The molecule has 0 saturated carbocycles. The van der Waals surface area contributed by atoms with E-state index in [0.717, 1.165) is 25.7 Å². The Hall–Kier alpha value is -1.51. The summed E-state index contributed by atoms with van der Waals surface area (Å²) in [4.78, 5) is 2.18. The number of hydrogen-bond acceptors (Lipinski definition) is 3. The van der Waals surface area contributed by atoms with E-state index < -0.39 is 17.7 Å². The highest BCUT2D eigenvalue weighted by molar-refractivity contribution is 5.26. The van der Waals surface area contributed by atoms with Gasteiger partial charge in [0.2, 0.25) is 0 Å². The molecule has 0 aliphatic carbocycles. The van der Waals surface area contributed by atoms with Gasteiger partial charge in [-0.3, -0.25) is 5.32 Å². The summed E-state index contributed by atoms with van der Waals surface area (Å²) in [6.07, 6.45) is 0. The highest BCUT2D eigenvalue weighted by Gasteiger charge is 2.17. The monoisotopic (exact) mass is 267 g/mol. The molecular weight excluding hydrogens is 248 g/mol. The minimum Gasteiger partial charge on any atom is -0.303 e. The predicted molar refractivity (Wildman–Crippen MR) is 70.5 cm³/mol. The fraction of sp³-hybridized carbons (Fsp3) is 0.500. The van der Waals surface area contributed by atoms with Crippen molar-refractivity contribution in [2.45, 2.75) is 19.9 Å². The third-order valence-corrected chi connectivity index (χ3v) is 3.09. The third kappa shape index (κ3) is 4.27. The van der Waals surface area contributed by atoms with Gasteiger partial charge in [-0.2, -0.15) is 5.26 Å². The maximum atomic E-state index is 13.6. The van der Waals surface area contributed by atoms with Crippen LogP contribution < -0.4 is 5.32 Å². The predicted octanol–water partition coefficient (Wildman–Crippen LogP) is 2.46. The number of hydrogen-bond donors (Lipinski definition) is 1. The molecule has 104 valence electrons. The number of likely N-dealkylation sites (N-methyl/N-ethyl adjacent to an activating group) is 1. The van der Waals surface area contributed by atoms with E-state index in [1.165, 1.54) is 12.1 Å². The molecule has 0 spiro atoms. The summed E-state index contributed by atoms with van der Waals surface area (Å²) in [5.74, 6) is -1.88. The molecule has 0 aliphatic rings. The zero-order chi connectivity index (χ0) is 14.3. The average Bonchev–Trinajstić information content (AvgIpc) is 2.43. The molecular formula is C14H19F2N3. The van der Waals surface area contributed by atoms with Crippen LogP contribution in [-0.4, -0.2) is 31.1 Å². The molecule has 0 aliphatic heterocycles. The Morgan fingerprint density at radius 1 is 1.32 bits per heavy atom. The number of benzene rings is 1. The van der Waals surface area contributed by atoms with Crippen molar-refractivity contribution in [2.24, 2.45) is 0 Å². The van der Waals surface area contributed by atoms with Gasteiger partial charge in [-0.25, -0.2) is 8.78 Å². The molecule has 1 aromatic carbocycles. The van der Waals surface area contributed by atoms with Crippen LogP contribution in [-0.2, 0) is 0 Å². The number of halogens is 2. The maximum absolute atomic E-state index is 13.6. The summed E-state index contributed by atoms with van der Waals surface area (Å²) in [5, 5.41) is 12.0. The molecule has 0 saturated heterocycles. The van der Waals surface area contributed by atoms with Gasteiger partial charge < -0.3 is 4.90 Å². The van der Waals surface area contributed by atoms with Gasteiger partial charge in [0.15, 0.2) is 11.6 Å². The van der Waals surface area contributed by atoms with Crippen LogP contribution in [0, 0.1) is 23.0 Å². The largest absolute Gasteiger partial charge is 0.303 e. The van der Waals surface area contributed by atoms with Crippen molar-refractivity contribution in [2.75, 3.05) is 26.2 Å². The molecule has 0 fully saturated rings. The van der Waals surface area contributed by atoms with Crippen molar-refractivity contribution >= 4 is 0 Å². The van der Waals surface area contributed by atoms with Crippen LogP contribution in [0.1, 0.15) is 25.5 Å². The van der Waals surface area contributed by atoms with E-state index in [1.807, 2.05) is 6.07 Å². The van der Waals surface area contributed by atoms with E-state index in [9.17, 15) is 8.78 Å². The van der Waals surface area contributed by atoms with Gasteiger partial charge in [0.1, 0.15) is 6.04 Å². The summed E-state index contributed by atoms with van der Waals surface area (Å²) in [7, 11) is 0. The molecule has 0 bridgehead atoms. The zero-order valence-corrected chi connectivity index (χ0v) is 11.3. The molecule has 0 amide bonds. The van der Waals surface area contributed by atoms with Gasteiger partial charge in [-0.05, 0) is 19.2 Å². The van der Waals surface area contributed by atoms with E-state index in [4.69, 9.17) is 5.26 Å². The highest BCUT2D eigenvalue weighted by Crippen LogP contribution is 2.18. The van der Waals surface area contributed by atoms with Crippen LogP contribution in [0.25, 0.3) is 0 Å². The second-order valence-electron chi connectivity index (χ2n) is 4.19. The van der Waals surface area contributed by atoms with Gasteiger partial charge in [0.05, 0.1) is 6.07 Å². The first-order valence-electron chi connectivity index (χ1n) is 6.43. The number of nitriles is 1. The standard InChI is InChI=1S/C14H19F2N3/c1-3-19(4-2)9-8-18-13(10-17)11-6-5-7-12(15)14(11)16/h5-7,13,18H,3-4,8-9H2,1-2H3. The number of nitrogens with one attached hydrogen (secondary N) is 1. The summed E-state index contributed by atoms with van der Waals surface area (Å²) >= 11 is 0. The van der Waals surface area contributed by atoms with Gasteiger partial charge in [0, 0.05) is 18.7 Å². The van der Waals surface area contributed by atoms with Crippen molar-refractivity contribution in [1.82, 2.24) is 10.2 Å². The second kappa shape index (κ2) is 7.82. The Bertz CT molecular complexity index is 439. The van der Waals surface area contributed by atoms with Crippen molar-refractivity contribution in [3.05, 3.63) is 35.4 Å². The summed E-state index contributed by atoms with van der Waals surface area (Å²) in [6.45, 7) is 7.26. The lowest BCUT2D eigenvalue weighted by molar-refractivity contribution is 0.299. The van der Waals surface area contributed by atoms with E-state index in [-0.39, 0.29) is 5.56 Å². The number of rotatable bonds is 7. The van der Waals surface area contributed by atoms with Gasteiger partial charge in [-0.15, -0.1) is 0 Å². The molecule has 19 heavy (non-hydrogen) atoms. The van der Waals surface area contributed by atoms with Crippen LogP contribution in [0.5, 0.6) is 0 Å². The van der Waals surface area contributed by atoms with Crippen molar-refractivity contribution in [3.63, 3.8) is 0 Å². The van der Waals surface area contributed by atoms with Crippen LogP contribution in [0.15, 0.2) is 18.2 Å². The van der Waals surface area contributed by atoms with Crippen LogP contribution in [0.4, 0.5) is 8.78 Å². The van der Waals surface area contributed by atoms with E-state index in [2.05, 4.69) is 24.1 Å². The third-order valence-electron chi connectivity index (χ3n) is 3.09. The van der Waals surface area contributed by atoms with Gasteiger partial charge in [-0.1, -0.05) is 26.0 Å². The quantitative estimate of drug-likeness (QED) is 0.825.